The third kappa shape index (κ3) is 1.12. The van der Waals surface area contributed by atoms with Crippen molar-refractivity contribution in [3.05, 3.63) is 29.4 Å². The van der Waals surface area contributed by atoms with Crippen LogP contribution in [0.1, 0.15) is 0 Å². The van der Waals surface area contributed by atoms with Crippen LogP contribution in [0.15, 0.2) is 22.9 Å². The zero-order valence-electron chi connectivity index (χ0n) is 5.50. The van der Waals surface area contributed by atoms with Gasteiger partial charge in [-0.05, 0) is 12.2 Å². The number of rotatable bonds is 0. The summed E-state index contributed by atoms with van der Waals surface area (Å²) < 4.78 is 4.79. The van der Waals surface area contributed by atoms with Crippen LogP contribution in [-0.4, -0.2) is 12.1 Å². The minimum atomic E-state index is -0.419. The number of allylic oxidation sites excluding steroid dienone is 2. The molecule has 0 spiro atoms. The van der Waals surface area contributed by atoms with E-state index in [-0.39, 0.29) is 6.04 Å². The molecule has 0 aromatic rings. The van der Waals surface area contributed by atoms with Crippen molar-refractivity contribution < 1.29 is 9.53 Å². The minimum absolute atomic E-state index is 0.167. The standard InChI is InChI=1S/C7H5ClNO2/c8-4-1-2-6-5(3-4)9-7(10)11-6/h1-3,5H,(H,9,10). The van der Waals surface area contributed by atoms with E-state index in [4.69, 9.17) is 16.3 Å². The molecule has 2 rings (SSSR count). The zero-order chi connectivity index (χ0) is 7.84. The number of halogens is 1. The maximum Gasteiger partial charge on any atom is 0.412 e. The Balaban J connectivity index is 2.25. The molecule has 3 nitrogen and oxygen atoms in total. The molecule has 1 radical (unpaired) electrons. The fourth-order valence-corrected chi connectivity index (χ4v) is 1.23. The average molecular weight is 171 g/mol. The van der Waals surface area contributed by atoms with Crippen molar-refractivity contribution in [2.45, 2.75) is 6.04 Å². The van der Waals surface area contributed by atoms with Crippen LogP contribution in [0.5, 0.6) is 0 Å². The van der Waals surface area contributed by atoms with Gasteiger partial charge in [-0.3, -0.25) is 0 Å². The molecule has 11 heavy (non-hydrogen) atoms. The molecule has 1 amide bonds. The van der Waals surface area contributed by atoms with Gasteiger partial charge in [-0.2, -0.15) is 0 Å². The van der Waals surface area contributed by atoms with Gasteiger partial charge in [0.25, 0.3) is 0 Å². The van der Waals surface area contributed by atoms with Crippen LogP contribution in [0.4, 0.5) is 4.79 Å². The number of nitrogens with one attached hydrogen (secondary N) is 1. The van der Waals surface area contributed by atoms with Gasteiger partial charge < -0.3 is 10.1 Å². The number of ether oxygens (including phenoxy) is 1. The average Bonchev–Trinajstić information content (AvgIpc) is 2.27. The van der Waals surface area contributed by atoms with Gasteiger partial charge in [-0.25, -0.2) is 4.79 Å². The molecule has 0 bridgehead atoms. The molecular formula is C7H5ClNO2. The molecule has 0 aromatic carbocycles. The van der Waals surface area contributed by atoms with Gasteiger partial charge in [0.1, 0.15) is 5.76 Å². The highest BCUT2D eigenvalue weighted by Gasteiger charge is 2.30. The molecule has 1 unspecified atom stereocenters. The van der Waals surface area contributed by atoms with Crippen molar-refractivity contribution in [3.63, 3.8) is 0 Å². The maximum atomic E-state index is 10.7. The zero-order valence-corrected chi connectivity index (χ0v) is 6.26. The predicted molar refractivity (Wildman–Crippen MR) is 39.7 cm³/mol. The molecule has 1 aliphatic heterocycles. The van der Waals surface area contributed by atoms with Crippen LogP contribution in [-0.2, 0) is 4.74 Å². The fourth-order valence-electron chi connectivity index (χ4n) is 1.04. The van der Waals surface area contributed by atoms with E-state index >= 15 is 0 Å². The number of hydrogen-bond acceptors (Lipinski definition) is 2. The number of alkyl carbamates (subject to hydrolysis) is 1. The molecule has 1 aliphatic carbocycles. The lowest BCUT2D eigenvalue weighted by molar-refractivity contribution is 0.195. The highest BCUT2D eigenvalue weighted by Crippen LogP contribution is 2.24. The van der Waals surface area contributed by atoms with E-state index in [1.54, 1.807) is 18.6 Å². The van der Waals surface area contributed by atoms with Gasteiger partial charge in [-0.15, -0.1) is 0 Å². The second kappa shape index (κ2) is 2.27. The molecule has 1 saturated heterocycles. The molecule has 1 fully saturated rings. The minimum Gasteiger partial charge on any atom is -0.413 e. The maximum absolute atomic E-state index is 10.7. The van der Waals surface area contributed by atoms with Crippen molar-refractivity contribution in [3.8, 4) is 0 Å². The van der Waals surface area contributed by atoms with Gasteiger partial charge >= 0.3 is 6.09 Å². The Bertz CT molecular complexity index is 270. The quantitative estimate of drug-likeness (QED) is 0.596. The van der Waals surface area contributed by atoms with Crippen LogP contribution < -0.4 is 5.32 Å². The van der Waals surface area contributed by atoms with E-state index in [0.29, 0.717) is 10.8 Å². The van der Waals surface area contributed by atoms with Gasteiger partial charge in [0.05, 0.1) is 6.04 Å². The number of carbonyl (C=O) groups is 1. The molecule has 2 aliphatic rings. The Morgan fingerprint density at radius 1 is 1.55 bits per heavy atom. The third-order valence-corrected chi connectivity index (χ3v) is 1.78. The van der Waals surface area contributed by atoms with Gasteiger partial charge in [0.15, 0.2) is 0 Å². The normalized spacial score (nSPS) is 28.1. The van der Waals surface area contributed by atoms with Crippen molar-refractivity contribution in [2.24, 2.45) is 0 Å². The lowest BCUT2D eigenvalue weighted by Crippen LogP contribution is -2.26. The predicted octanol–water partition coefficient (Wildman–Crippen LogP) is 1.32. The van der Waals surface area contributed by atoms with Crippen LogP contribution >= 0.6 is 11.6 Å². The first-order valence-corrected chi connectivity index (χ1v) is 3.54. The molecule has 1 atom stereocenters. The molecule has 1 heterocycles. The van der Waals surface area contributed by atoms with Crippen molar-refractivity contribution >= 4 is 17.7 Å². The lowest BCUT2D eigenvalue weighted by Gasteiger charge is -2.10. The summed E-state index contributed by atoms with van der Waals surface area (Å²) in [6.45, 7) is 0. The summed E-state index contributed by atoms with van der Waals surface area (Å²) in [4.78, 5) is 10.7. The van der Waals surface area contributed by atoms with Crippen molar-refractivity contribution in [1.29, 1.82) is 0 Å². The van der Waals surface area contributed by atoms with Crippen LogP contribution in [0.25, 0.3) is 0 Å². The summed E-state index contributed by atoms with van der Waals surface area (Å²) in [7, 11) is 0. The lowest BCUT2D eigenvalue weighted by atomic mass is 10.1. The fraction of sp³-hybridized carbons (Fsp3) is 0.143. The topological polar surface area (TPSA) is 38.3 Å². The van der Waals surface area contributed by atoms with E-state index < -0.39 is 6.09 Å². The van der Waals surface area contributed by atoms with E-state index in [2.05, 4.69) is 5.32 Å². The Hall–Kier alpha value is -0.960. The second-order valence-electron chi connectivity index (χ2n) is 2.30. The number of amides is 1. The smallest absolute Gasteiger partial charge is 0.412 e. The second-order valence-corrected chi connectivity index (χ2v) is 2.74. The van der Waals surface area contributed by atoms with E-state index in [9.17, 15) is 4.79 Å². The van der Waals surface area contributed by atoms with Gasteiger partial charge in [0, 0.05) is 11.5 Å². The van der Waals surface area contributed by atoms with Crippen molar-refractivity contribution in [1.82, 2.24) is 5.32 Å². The first-order valence-electron chi connectivity index (χ1n) is 3.16. The number of carbonyl (C=O) groups excluding carboxylic acids is 1. The monoisotopic (exact) mass is 170 g/mol. The van der Waals surface area contributed by atoms with Gasteiger partial charge in [-0.1, -0.05) is 11.6 Å². The Morgan fingerprint density at radius 3 is 3.18 bits per heavy atom. The Labute approximate surface area is 68.7 Å². The van der Waals surface area contributed by atoms with Gasteiger partial charge in [0.2, 0.25) is 0 Å². The van der Waals surface area contributed by atoms with Crippen LogP contribution in [0, 0.1) is 6.42 Å². The largest absolute Gasteiger partial charge is 0.413 e. The molecular weight excluding hydrogens is 166 g/mol. The summed E-state index contributed by atoms with van der Waals surface area (Å²) in [5, 5.41) is 3.19. The number of fused-ring (bicyclic) bond motifs is 1. The summed E-state index contributed by atoms with van der Waals surface area (Å²) in [6.07, 6.45) is 4.68. The highest BCUT2D eigenvalue weighted by molar-refractivity contribution is 6.31. The molecule has 0 aromatic heterocycles. The summed E-state index contributed by atoms with van der Waals surface area (Å²) in [5.41, 5.74) is 0. The van der Waals surface area contributed by atoms with Crippen LogP contribution in [0.3, 0.4) is 0 Å². The van der Waals surface area contributed by atoms with Crippen molar-refractivity contribution in [2.75, 3.05) is 0 Å². The van der Waals surface area contributed by atoms with Crippen LogP contribution in [0.2, 0.25) is 0 Å². The Kier molecular flexibility index (Phi) is 1.39. The summed E-state index contributed by atoms with van der Waals surface area (Å²) >= 11 is 5.69. The highest BCUT2D eigenvalue weighted by atomic mass is 35.5. The third-order valence-electron chi connectivity index (χ3n) is 1.52. The molecule has 0 saturated carbocycles. The van der Waals surface area contributed by atoms with E-state index in [0.717, 1.165) is 0 Å². The van der Waals surface area contributed by atoms with E-state index in [1.165, 1.54) is 0 Å². The number of hydrogen-bond donors (Lipinski definition) is 1. The SMILES string of the molecule is O=C1NC2[CH]C(Cl)=CC=C2O1. The Morgan fingerprint density at radius 2 is 2.36 bits per heavy atom. The first kappa shape index (κ1) is 6.73. The first-order chi connectivity index (χ1) is 5.25. The molecule has 1 N–H and O–H groups in total. The summed E-state index contributed by atoms with van der Waals surface area (Å²) in [5.74, 6) is 0.611. The molecule has 57 valence electrons. The van der Waals surface area contributed by atoms with E-state index in [1.807, 2.05) is 0 Å². The summed E-state index contributed by atoms with van der Waals surface area (Å²) in [6, 6.07) is -0.167. The molecule has 4 heteroatoms.